The number of fused-ring (bicyclic) bond motifs is 1. The number of ether oxygens (including phenoxy) is 1. The van der Waals surface area contributed by atoms with Crippen molar-refractivity contribution in [3.63, 3.8) is 0 Å². The van der Waals surface area contributed by atoms with Crippen LogP contribution in [0.4, 0.5) is 23.7 Å². The fourth-order valence-electron chi connectivity index (χ4n) is 4.21. The van der Waals surface area contributed by atoms with E-state index in [2.05, 4.69) is 15.6 Å². The maximum atomic E-state index is 13.5. The van der Waals surface area contributed by atoms with E-state index < -0.39 is 23.4 Å². The second-order valence-corrected chi connectivity index (χ2v) is 9.72. The number of alkyl halides is 3. The first-order chi connectivity index (χ1) is 15.8. The van der Waals surface area contributed by atoms with Crippen molar-refractivity contribution in [1.82, 2.24) is 15.6 Å². The van der Waals surface area contributed by atoms with Crippen molar-refractivity contribution >= 4 is 28.6 Å². The van der Waals surface area contributed by atoms with E-state index in [-0.39, 0.29) is 36.3 Å². The van der Waals surface area contributed by atoms with Crippen LogP contribution in [-0.2, 0) is 15.7 Å². The van der Waals surface area contributed by atoms with E-state index in [4.69, 9.17) is 4.74 Å². The summed E-state index contributed by atoms with van der Waals surface area (Å²) in [5.41, 5.74) is -0.807. The summed E-state index contributed by atoms with van der Waals surface area (Å²) in [6.07, 6.45) is -2.88. The maximum Gasteiger partial charge on any atom is 0.418 e. The van der Waals surface area contributed by atoms with Gasteiger partial charge in [0.05, 0.1) is 11.1 Å². The van der Waals surface area contributed by atoms with E-state index in [0.717, 1.165) is 12.5 Å². The molecule has 0 bridgehead atoms. The molecule has 2 N–H and O–H groups in total. The predicted octanol–water partition coefficient (Wildman–Crippen LogP) is 4.50. The van der Waals surface area contributed by atoms with Crippen LogP contribution in [0.3, 0.4) is 0 Å². The van der Waals surface area contributed by atoms with Gasteiger partial charge in [-0.2, -0.15) is 13.2 Å². The number of hydrogen-bond acceptors (Lipinski definition) is 5. The molecule has 2 atom stereocenters. The van der Waals surface area contributed by atoms with Crippen LogP contribution in [0.2, 0.25) is 0 Å². The molecule has 1 aromatic heterocycles. The van der Waals surface area contributed by atoms with Crippen LogP contribution in [0.15, 0.2) is 30.5 Å². The zero-order chi connectivity index (χ0) is 25.1. The second kappa shape index (κ2) is 10.1. The lowest BCUT2D eigenvalue weighted by molar-refractivity contribution is -0.136. The summed E-state index contributed by atoms with van der Waals surface area (Å²) in [4.78, 5) is 30.2. The third-order valence-corrected chi connectivity index (χ3v) is 5.44. The van der Waals surface area contributed by atoms with Gasteiger partial charge >= 0.3 is 12.3 Å². The number of carbonyl (C=O) groups excluding carboxylic acids is 2. The van der Waals surface area contributed by atoms with Gasteiger partial charge in [0, 0.05) is 49.4 Å². The first-order valence-electron chi connectivity index (χ1n) is 11.3. The van der Waals surface area contributed by atoms with Gasteiger partial charge in [0.1, 0.15) is 5.60 Å². The van der Waals surface area contributed by atoms with Gasteiger partial charge in [-0.25, -0.2) is 4.79 Å². The molecular formula is C24H31F3N4O3. The summed E-state index contributed by atoms with van der Waals surface area (Å²) in [6, 6.07) is 5.64. The topological polar surface area (TPSA) is 83.6 Å². The largest absolute Gasteiger partial charge is 0.444 e. The Morgan fingerprint density at radius 1 is 1.18 bits per heavy atom. The van der Waals surface area contributed by atoms with E-state index >= 15 is 0 Å². The summed E-state index contributed by atoms with van der Waals surface area (Å²) in [5, 5.41) is 5.97. The summed E-state index contributed by atoms with van der Waals surface area (Å²) in [5.74, 6) is 0.00186. The number of hydrogen-bond donors (Lipinski definition) is 2. The maximum absolute atomic E-state index is 13.5. The summed E-state index contributed by atoms with van der Waals surface area (Å²) >= 11 is 0. The number of nitrogens with one attached hydrogen (secondary N) is 2. The number of alkyl carbamates (subject to hydrolysis) is 1. The lowest BCUT2D eigenvalue weighted by atomic mass is 9.94. The quantitative estimate of drug-likeness (QED) is 0.659. The van der Waals surface area contributed by atoms with Crippen LogP contribution in [-0.4, -0.2) is 48.3 Å². The second-order valence-electron chi connectivity index (χ2n) is 9.72. The summed E-state index contributed by atoms with van der Waals surface area (Å²) in [6.45, 7) is 8.57. The number of pyridine rings is 1. The van der Waals surface area contributed by atoms with Crippen molar-refractivity contribution in [3.8, 4) is 0 Å². The SMILES string of the molecule is C[C@H]1C[C@@H](NC(=O)CCNC(=O)OC(C)(C)C)CN(c2ccc(C(F)(F)F)c3ncccc23)C1. The minimum atomic E-state index is -4.50. The zero-order valence-corrected chi connectivity index (χ0v) is 19.8. The van der Waals surface area contributed by atoms with E-state index in [0.29, 0.717) is 24.2 Å². The smallest absolute Gasteiger partial charge is 0.418 e. The third-order valence-electron chi connectivity index (χ3n) is 5.44. The molecule has 0 spiro atoms. The molecule has 0 aliphatic carbocycles. The number of carbonyl (C=O) groups is 2. The van der Waals surface area contributed by atoms with E-state index in [1.165, 1.54) is 12.3 Å². The Kier molecular flexibility index (Phi) is 7.57. The van der Waals surface area contributed by atoms with Gasteiger partial charge in [-0.3, -0.25) is 9.78 Å². The minimum Gasteiger partial charge on any atom is -0.444 e. The molecule has 0 radical (unpaired) electrons. The van der Waals surface area contributed by atoms with Gasteiger partial charge in [0.25, 0.3) is 0 Å². The Hall–Kier alpha value is -3.04. The van der Waals surface area contributed by atoms with Crippen LogP contribution in [0, 0.1) is 5.92 Å². The van der Waals surface area contributed by atoms with Crippen molar-refractivity contribution in [3.05, 3.63) is 36.0 Å². The fraction of sp³-hybridized carbons (Fsp3) is 0.542. The van der Waals surface area contributed by atoms with Gasteiger partial charge in [-0.05, 0) is 57.4 Å². The Labute approximate surface area is 197 Å². The van der Waals surface area contributed by atoms with E-state index in [1.54, 1.807) is 32.9 Å². The van der Waals surface area contributed by atoms with Crippen LogP contribution in [0.25, 0.3) is 10.9 Å². The molecule has 1 aliphatic rings. The molecule has 1 aliphatic heterocycles. The third kappa shape index (κ3) is 6.74. The number of piperidine rings is 1. The first kappa shape index (κ1) is 25.6. The lowest BCUT2D eigenvalue weighted by Crippen LogP contribution is -2.51. The monoisotopic (exact) mass is 480 g/mol. The van der Waals surface area contributed by atoms with Crippen LogP contribution < -0.4 is 15.5 Å². The molecule has 1 fully saturated rings. The number of amides is 2. The van der Waals surface area contributed by atoms with Crippen LogP contribution in [0.5, 0.6) is 0 Å². The Balaban J connectivity index is 1.66. The van der Waals surface area contributed by atoms with Gasteiger partial charge in [0.15, 0.2) is 0 Å². The molecule has 0 saturated carbocycles. The highest BCUT2D eigenvalue weighted by Gasteiger charge is 2.35. The fourth-order valence-corrected chi connectivity index (χ4v) is 4.21. The number of halogens is 3. The van der Waals surface area contributed by atoms with E-state index in [9.17, 15) is 22.8 Å². The van der Waals surface area contributed by atoms with Crippen molar-refractivity contribution in [2.24, 2.45) is 5.92 Å². The Morgan fingerprint density at radius 2 is 1.91 bits per heavy atom. The molecule has 1 saturated heterocycles. The van der Waals surface area contributed by atoms with Crippen molar-refractivity contribution in [1.29, 1.82) is 0 Å². The first-order valence-corrected chi connectivity index (χ1v) is 11.3. The number of nitrogens with zero attached hydrogens (tertiary/aromatic N) is 2. The lowest BCUT2D eigenvalue weighted by Gasteiger charge is -2.39. The van der Waals surface area contributed by atoms with Gasteiger partial charge in [-0.1, -0.05) is 6.92 Å². The standard InChI is InChI=1S/C24H31F3N4O3/c1-15-12-16(30-20(32)9-11-29-22(33)34-23(2,3)4)14-31(13-15)19-8-7-18(24(25,26)27)21-17(19)6-5-10-28-21/h5-8,10,15-16H,9,11-14H2,1-4H3,(H,29,33)(H,30,32)/t15-,16+/m0/s1. The molecule has 2 aromatic rings. The van der Waals surface area contributed by atoms with Crippen molar-refractivity contribution < 1.29 is 27.5 Å². The zero-order valence-electron chi connectivity index (χ0n) is 19.8. The molecule has 186 valence electrons. The molecule has 3 rings (SSSR count). The molecule has 0 unspecified atom stereocenters. The normalized spacial score (nSPS) is 19.1. The Morgan fingerprint density at radius 3 is 2.59 bits per heavy atom. The number of anilines is 1. The summed E-state index contributed by atoms with van der Waals surface area (Å²) < 4.78 is 45.5. The molecule has 10 heteroatoms. The molecule has 1 aromatic carbocycles. The highest BCUT2D eigenvalue weighted by molar-refractivity contribution is 5.94. The molecule has 2 amide bonds. The van der Waals surface area contributed by atoms with E-state index in [1.807, 2.05) is 11.8 Å². The number of rotatable bonds is 5. The van der Waals surface area contributed by atoms with Crippen LogP contribution in [0.1, 0.15) is 46.1 Å². The molecule has 34 heavy (non-hydrogen) atoms. The highest BCUT2D eigenvalue weighted by Crippen LogP contribution is 2.38. The average Bonchev–Trinajstić information content (AvgIpc) is 2.70. The van der Waals surface area contributed by atoms with Gasteiger partial charge < -0.3 is 20.3 Å². The predicted molar refractivity (Wildman–Crippen MR) is 124 cm³/mol. The van der Waals surface area contributed by atoms with Gasteiger partial charge in [-0.15, -0.1) is 0 Å². The Bertz CT molecular complexity index is 1040. The molecule has 2 heterocycles. The molecule has 7 nitrogen and oxygen atoms in total. The highest BCUT2D eigenvalue weighted by atomic mass is 19.4. The van der Waals surface area contributed by atoms with Crippen molar-refractivity contribution in [2.75, 3.05) is 24.5 Å². The number of benzene rings is 1. The van der Waals surface area contributed by atoms with Crippen LogP contribution >= 0.6 is 0 Å². The van der Waals surface area contributed by atoms with Crippen molar-refractivity contribution in [2.45, 2.75) is 58.4 Å². The average molecular weight is 481 g/mol. The number of aromatic nitrogens is 1. The minimum absolute atomic E-state index is 0.0838. The summed E-state index contributed by atoms with van der Waals surface area (Å²) in [7, 11) is 0. The molecular weight excluding hydrogens is 449 g/mol. The van der Waals surface area contributed by atoms with Gasteiger partial charge in [0.2, 0.25) is 5.91 Å².